The Morgan fingerprint density at radius 2 is 2.07 bits per heavy atom. The van der Waals surface area contributed by atoms with Gasteiger partial charge in [-0.3, -0.25) is 10.1 Å². The van der Waals surface area contributed by atoms with E-state index in [4.69, 9.17) is 16.3 Å². The number of nitrogens with one attached hydrogen (secondary N) is 2. The van der Waals surface area contributed by atoms with Gasteiger partial charge in [-0.15, -0.1) is 10.2 Å². The Labute approximate surface area is 173 Å². The van der Waals surface area contributed by atoms with E-state index in [9.17, 15) is 9.59 Å². The fourth-order valence-electron chi connectivity index (χ4n) is 2.42. The standard InChI is InChI=1S/C18H24ClN5O3S/c1-4-20-17(26)21-16(25)12(2)28-18-23-22-15(24(18)10-7-11-27-3)13-8-5-6-9-14(13)19/h5-6,8-9,12H,4,7,10-11H2,1-3H3,(H2,20,21,25,26). The minimum atomic E-state index is -0.535. The second-order valence-corrected chi connectivity index (χ2v) is 7.61. The first-order chi connectivity index (χ1) is 13.5. The molecule has 0 radical (unpaired) electrons. The molecule has 0 saturated carbocycles. The molecule has 0 aliphatic carbocycles. The van der Waals surface area contributed by atoms with E-state index in [-0.39, 0.29) is 0 Å². The maximum absolute atomic E-state index is 12.2. The summed E-state index contributed by atoms with van der Waals surface area (Å²) in [7, 11) is 1.64. The van der Waals surface area contributed by atoms with Gasteiger partial charge in [0.25, 0.3) is 0 Å². The van der Waals surface area contributed by atoms with Crippen LogP contribution in [0.1, 0.15) is 20.3 Å². The zero-order valence-electron chi connectivity index (χ0n) is 16.1. The number of urea groups is 1. The van der Waals surface area contributed by atoms with Gasteiger partial charge in [0.15, 0.2) is 11.0 Å². The monoisotopic (exact) mass is 425 g/mol. The number of thioether (sulfide) groups is 1. The van der Waals surface area contributed by atoms with E-state index < -0.39 is 17.2 Å². The van der Waals surface area contributed by atoms with Crippen molar-refractivity contribution in [2.24, 2.45) is 0 Å². The van der Waals surface area contributed by atoms with Crippen LogP contribution in [0.3, 0.4) is 0 Å². The molecular weight excluding hydrogens is 402 g/mol. The smallest absolute Gasteiger partial charge is 0.321 e. The van der Waals surface area contributed by atoms with Gasteiger partial charge in [0.2, 0.25) is 5.91 Å². The summed E-state index contributed by atoms with van der Waals surface area (Å²) < 4.78 is 7.06. The summed E-state index contributed by atoms with van der Waals surface area (Å²) in [5.41, 5.74) is 0.764. The van der Waals surface area contributed by atoms with Gasteiger partial charge in [0, 0.05) is 32.4 Å². The van der Waals surface area contributed by atoms with Crippen LogP contribution in [0.2, 0.25) is 5.02 Å². The summed E-state index contributed by atoms with van der Waals surface area (Å²) in [6.45, 7) is 5.12. The first-order valence-electron chi connectivity index (χ1n) is 8.90. The molecule has 3 amide bonds. The molecule has 0 aliphatic rings. The third-order valence-electron chi connectivity index (χ3n) is 3.79. The second kappa shape index (κ2) is 11.0. The maximum atomic E-state index is 12.2. The van der Waals surface area contributed by atoms with Gasteiger partial charge in [-0.1, -0.05) is 35.5 Å². The zero-order valence-corrected chi connectivity index (χ0v) is 17.6. The third-order valence-corrected chi connectivity index (χ3v) is 5.20. The average Bonchev–Trinajstić information content (AvgIpc) is 3.04. The molecule has 1 heterocycles. The number of halogens is 1. The first kappa shape index (κ1) is 22.2. The number of rotatable bonds is 9. The SMILES string of the molecule is CCNC(=O)NC(=O)C(C)Sc1nnc(-c2ccccc2Cl)n1CCCOC. The molecule has 0 spiro atoms. The Hall–Kier alpha value is -2.10. The highest BCUT2D eigenvalue weighted by Gasteiger charge is 2.22. The number of amides is 3. The fraction of sp³-hybridized carbons (Fsp3) is 0.444. The van der Waals surface area contributed by atoms with Crippen molar-refractivity contribution < 1.29 is 14.3 Å². The average molecular weight is 426 g/mol. The molecular formula is C18H24ClN5O3S. The van der Waals surface area contributed by atoms with Gasteiger partial charge in [-0.2, -0.15) is 0 Å². The lowest BCUT2D eigenvalue weighted by molar-refractivity contribution is -0.119. The summed E-state index contributed by atoms with van der Waals surface area (Å²) in [5.74, 6) is 0.224. The van der Waals surface area contributed by atoms with E-state index in [0.29, 0.717) is 35.7 Å². The number of benzene rings is 1. The number of carbonyl (C=O) groups is 2. The molecule has 1 aromatic heterocycles. The third kappa shape index (κ3) is 5.95. The largest absolute Gasteiger partial charge is 0.385 e. The van der Waals surface area contributed by atoms with Crippen molar-refractivity contribution in [3.63, 3.8) is 0 Å². The lowest BCUT2D eigenvalue weighted by Gasteiger charge is -2.14. The van der Waals surface area contributed by atoms with E-state index in [2.05, 4.69) is 20.8 Å². The lowest BCUT2D eigenvalue weighted by Crippen LogP contribution is -2.42. The summed E-state index contributed by atoms with van der Waals surface area (Å²) in [5, 5.41) is 14.0. The van der Waals surface area contributed by atoms with Crippen LogP contribution in [0, 0.1) is 0 Å². The molecule has 2 rings (SSSR count). The van der Waals surface area contributed by atoms with Gasteiger partial charge < -0.3 is 14.6 Å². The summed E-state index contributed by atoms with van der Waals surface area (Å²) >= 11 is 7.55. The highest BCUT2D eigenvalue weighted by molar-refractivity contribution is 8.00. The lowest BCUT2D eigenvalue weighted by atomic mass is 10.2. The normalized spacial score (nSPS) is 11.9. The van der Waals surface area contributed by atoms with E-state index in [1.807, 2.05) is 22.8 Å². The topological polar surface area (TPSA) is 98.1 Å². The molecule has 2 N–H and O–H groups in total. The number of ether oxygens (including phenoxy) is 1. The molecule has 1 aromatic carbocycles. The molecule has 0 fully saturated rings. The molecule has 10 heteroatoms. The van der Waals surface area contributed by atoms with Crippen LogP contribution in [0.4, 0.5) is 4.79 Å². The minimum Gasteiger partial charge on any atom is -0.385 e. The van der Waals surface area contributed by atoms with Crippen molar-refractivity contribution in [1.82, 2.24) is 25.4 Å². The molecule has 152 valence electrons. The Kier molecular flexibility index (Phi) is 8.75. The van der Waals surface area contributed by atoms with Crippen LogP contribution in [-0.4, -0.2) is 52.2 Å². The Bertz CT molecular complexity index is 814. The van der Waals surface area contributed by atoms with Crippen molar-refractivity contribution in [3.05, 3.63) is 29.3 Å². The minimum absolute atomic E-state index is 0.401. The van der Waals surface area contributed by atoms with Crippen molar-refractivity contribution in [3.8, 4) is 11.4 Å². The Morgan fingerprint density at radius 3 is 2.75 bits per heavy atom. The molecule has 0 aliphatic heterocycles. The van der Waals surface area contributed by atoms with Gasteiger partial charge in [0.1, 0.15) is 0 Å². The first-order valence-corrected chi connectivity index (χ1v) is 10.2. The number of carbonyl (C=O) groups excluding carboxylic acids is 2. The van der Waals surface area contributed by atoms with Crippen LogP contribution < -0.4 is 10.6 Å². The molecule has 0 bridgehead atoms. The number of nitrogens with zero attached hydrogens (tertiary/aromatic N) is 3. The molecule has 2 aromatic rings. The van der Waals surface area contributed by atoms with E-state index in [1.54, 1.807) is 27.0 Å². The van der Waals surface area contributed by atoms with E-state index in [1.165, 1.54) is 11.8 Å². The summed E-state index contributed by atoms with van der Waals surface area (Å²) in [6, 6.07) is 6.88. The fourth-order valence-corrected chi connectivity index (χ4v) is 3.51. The highest BCUT2D eigenvalue weighted by atomic mass is 35.5. The summed E-state index contributed by atoms with van der Waals surface area (Å²) in [4.78, 5) is 23.8. The highest BCUT2D eigenvalue weighted by Crippen LogP contribution is 2.30. The predicted octanol–water partition coefficient (Wildman–Crippen LogP) is 2.96. The van der Waals surface area contributed by atoms with Gasteiger partial charge in [-0.05, 0) is 32.4 Å². The van der Waals surface area contributed by atoms with E-state index >= 15 is 0 Å². The van der Waals surface area contributed by atoms with Gasteiger partial charge >= 0.3 is 6.03 Å². The van der Waals surface area contributed by atoms with E-state index in [0.717, 1.165) is 12.0 Å². The molecule has 8 nitrogen and oxygen atoms in total. The predicted molar refractivity (Wildman–Crippen MR) is 109 cm³/mol. The number of hydrogen-bond acceptors (Lipinski definition) is 6. The van der Waals surface area contributed by atoms with Crippen LogP contribution >= 0.6 is 23.4 Å². The molecule has 1 unspecified atom stereocenters. The van der Waals surface area contributed by atoms with Gasteiger partial charge in [-0.25, -0.2) is 4.79 Å². The second-order valence-electron chi connectivity index (χ2n) is 5.89. The van der Waals surface area contributed by atoms with Crippen molar-refractivity contribution in [2.75, 3.05) is 20.3 Å². The molecule has 28 heavy (non-hydrogen) atoms. The number of imide groups is 1. The zero-order chi connectivity index (χ0) is 20.5. The Morgan fingerprint density at radius 1 is 1.32 bits per heavy atom. The maximum Gasteiger partial charge on any atom is 0.321 e. The van der Waals surface area contributed by atoms with Crippen LogP contribution in [0.25, 0.3) is 11.4 Å². The quantitative estimate of drug-likeness (QED) is 0.473. The molecule has 0 saturated heterocycles. The van der Waals surface area contributed by atoms with Crippen LogP contribution in [0.5, 0.6) is 0 Å². The number of hydrogen-bond donors (Lipinski definition) is 2. The number of methoxy groups -OCH3 is 1. The van der Waals surface area contributed by atoms with Crippen LogP contribution in [0.15, 0.2) is 29.4 Å². The van der Waals surface area contributed by atoms with Crippen molar-refractivity contribution in [1.29, 1.82) is 0 Å². The Balaban J connectivity index is 2.22. The van der Waals surface area contributed by atoms with Crippen LogP contribution in [-0.2, 0) is 16.1 Å². The summed E-state index contributed by atoms with van der Waals surface area (Å²) in [6.07, 6.45) is 0.749. The number of aromatic nitrogens is 3. The van der Waals surface area contributed by atoms with Crippen molar-refractivity contribution >= 4 is 35.3 Å². The van der Waals surface area contributed by atoms with Crippen molar-refractivity contribution in [2.45, 2.75) is 37.2 Å². The van der Waals surface area contributed by atoms with Gasteiger partial charge in [0.05, 0.1) is 10.3 Å². The molecule has 1 atom stereocenters.